The fourth-order valence-corrected chi connectivity index (χ4v) is 4.33. The molecule has 26 heavy (non-hydrogen) atoms. The van der Waals surface area contributed by atoms with Crippen LogP contribution in [0.1, 0.15) is 25.0 Å². The molecule has 0 aliphatic carbocycles. The number of likely N-dealkylation sites (tertiary alicyclic amines) is 1. The number of piperidine rings is 1. The largest absolute Gasteiger partial charge is 0.342 e. The summed E-state index contributed by atoms with van der Waals surface area (Å²) >= 11 is 0. The summed E-state index contributed by atoms with van der Waals surface area (Å²) in [6.45, 7) is 3.73. The summed E-state index contributed by atoms with van der Waals surface area (Å²) in [5.74, 6) is 0.670. The number of fused-ring (bicyclic) bond motifs is 5. The summed E-state index contributed by atoms with van der Waals surface area (Å²) in [6.07, 6.45) is 4.52. The van der Waals surface area contributed by atoms with Crippen LogP contribution in [0.4, 0.5) is 0 Å². The van der Waals surface area contributed by atoms with Crippen molar-refractivity contribution in [3.8, 4) is 11.3 Å². The van der Waals surface area contributed by atoms with Gasteiger partial charge in [-0.05, 0) is 30.5 Å². The van der Waals surface area contributed by atoms with Crippen LogP contribution in [0, 0.1) is 5.92 Å². The van der Waals surface area contributed by atoms with Crippen molar-refractivity contribution in [2.24, 2.45) is 5.92 Å². The molecule has 132 valence electrons. The summed E-state index contributed by atoms with van der Waals surface area (Å²) in [4.78, 5) is 30.7. The second-order valence-electron chi connectivity index (χ2n) is 7.29. The zero-order valence-corrected chi connectivity index (χ0v) is 14.5. The molecule has 0 spiro atoms. The maximum absolute atomic E-state index is 12.8. The molecular formula is C19H19N5O2. The van der Waals surface area contributed by atoms with Gasteiger partial charge in [0.25, 0.3) is 5.56 Å². The normalized spacial score (nSPS) is 21.7. The third-order valence-electron chi connectivity index (χ3n) is 5.55. The lowest BCUT2D eigenvalue weighted by atomic mass is 9.82. The first kappa shape index (κ1) is 15.3. The third kappa shape index (κ3) is 2.34. The minimum Gasteiger partial charge on any atom is -0.342 e. The topological polar surface area (TPSA) is 72.5 Å². The molecular weight excluding hydrogens is 330 g/mol. The first-order valence-corrected chi connectivity index (χ1v) is 8.89. The number of pyridine rings is 1. The third-order valence-corrected chi connectivity index (χ3v) is 5.55. The van der Waals surface area contributed by atoms with Crippen molar-refractivity contribution in [2.45, 2.75) is 25.8 Å². The predicted molar refractivity (Wildman–Crippen MR) is 95.8 cm³/mol. The predicted octanol–water partition coefficient (Wildman–Crippen LogP) is 1.52. The Hall–Kier alpha value is -2.96. The van der Waals surface area contributed by atoms with E-state index in [0.717, 1.165) is 35.6 Å². The molecule has 2 aliphatic rings. The molecule has 3 aromatic heterocycles. The van der Waals surface area contributed by atoms with Crippen LogP contribution < -0.4 is 5.56 Å². The van der Waals surface area contributed by atoms with E-state index in [0.29, 0.717) is 19.0 Å². The van der Waals surface area contributed by atoms with Gasteiger partial charge in [-0.3, -0.25) is 9.59 Å². The van der Waals surface area contributed by atoms with Gasteiger partial charge in [-0.15, -0.1) is 0 Å². The van der Waals surface area contributed by atoms with E-state index in [1.165, 1.54) is 0 Å². The van der Waals surface area contributed by atoms with Crippen LogP contribution in [0.3, 0.4) is 0 Å². The summed E-state index contributed by atoms with van der Waals surface area (Å²) in [7, 11) is 0. The molecule has 2 aliphatic heterocycles. The van der Waals surface area contributed by atoms with Crippen molar-refractivity contribution >= 4 is 11.6 Å². The van der Waals surface area contributed by atoms with Crippen LogP contribution in [0.5, 0.6) is 0 Å². The summed E-state index contributed by atoms with van der Waals surface area (Å²) < 4.78 is 3.59. The molecule has 1 fully saturated rings. The average Bonchev–Trinajstić information content (AvgIpc) is 3.10. The van der Waals surface area contributed by atoms with Gasteiger partial charge in [-0.1, -0.05) is 0 Å². The lowest BCUT2D eigenvalue weighted by molar-refractivity contribution is -0.131. The number of hydrogen-bond acceptors (Lipinski definition) is 4. The van der Waals surface area contributed by atoms with E-state index in [-0.39, 0.29) is 17.4 Å². The lowest BCUT2D eigenvalue weighted by Gasteiger charge is -2.42. The molecule has 0 unspecified atom stereocenters. The van der Waals surface area contributed by atoms with E-state index < -0.39 is 0 Å². The highest BCUT2D eigenvalue weighted by atomic mass is 16.2. The van der Waals surface area contributed by atoms with Gasteiger partial charge in [0.1, 0.15) is 0 Å². The van der Waals surface area contributed by atoms with E-state index in [1.807, 2.05) is 21.6 Å². The monoisotopic (exact) mass is 349 g/mol. The summed E-state index contributed by atoms with van der Waals surface area (Å²) in [5.41, 5.74) is 3.36. The van der Waals surface area contributed by atoms with Crippen molar-refractivity contribution in [1.82, 2.24) is 24.1 Å². The molecule has 1 amide bonds. The number of carbonyl (C=O) groups excluding carboxylic acids is 1. The second kappa shape index (κ2) is 5.52. The van der Waals surface area contributed by atoms with Gasteiger partial charge < -0.3 is 9.47 Å². The van der Waals surface area contributed by atoms with Gasteiger partial charge >= 0.3 is 0 Å². The highest BCUT2D eigenvalue weighted by molar-refractivity contribution is 5.73. The second-order valence-corrected chi connectivity index (χ2v) is 7.29. The number of imidazole rings is 1. The number of amides is 1. The molecule has 7 nitrogen and oxygen atoms in total. The SMILES string of the molecule is CC(=O)N1C[C@@H]2C[C@H](C1)c1cc(-c3ccc4nccn4n3)cc(=O)n1C2. The van der Waals surface area contributed by atoms with Crippen LogP contribution in [0.25, 0.3) is 16.9 Å². The molecule has 7 heteroatoms. The molecule has 0 radical (unpaired) electrons. The minimum absolute atomic E-state index is 0.0102. The fraction of sp³-hybridized carbons (Fsp3) is 0.368. The molecule has 2 bridgehead atoms. The average molecular weight is 349 g/mol. The minimum atomic E-state index is 0.0102. The zero-order chi connectivity index (χ0) is 17.8. The maximum Gasteiger partial charge on any atom is 0.251 e. The van der Waals surface area contributed by atoms with Crippen molar-refractivity contribution in [1.29, 1.82) is 0 Å². The number of hydrogen-bond donors (Lipinski definition) is 0. The maximum atomic E-state index is 12.8. The Labute approximate surface area is 149 Å². The zero-order valence-electron chi connectivity index (χ0n) is 14.5. The highest BCUT2D eigenvalue weighted by Crippen LogP contribution is 2.36. The van der Waals surface area contributed by atoms with E-state index in [1.54, 1.807) is 29.9 Å². The Morgan fingerprint density at radius 1 is 1.19 bits per heavy atom. The molecule has 1 saturated heterocycles. The van der Waals surface area contributed by atoms with Gasteiger partial charge in [0.05, 0.1) is 5.69 Å². The standard InChI is InChI=1S/C19H19N5O2/c1-12(25)22-9-13-6-15(11-22)17-7-14(8-19(26)23(17)10-13)16-2-3-18-20-4-5-24(18)21-16/h2-5,7-8,13,15H,6,9-11H2,1H3/t13-,15+/m0/s1. The van der Waals surface area contributed by atoms with Crippen LogP contribution in [0.15, 0.2) is 41.5 Å². The van der Waals surface area contributed by atoms with Gasteiger partial charge in [-0.2, -0.15) is 5.10 Å². The van der Waals surface area contributed by atoms with E-state index in [4.69, 9.17) is 0 Å². The van der Waals surface area contributed by atoms with Crippen molar-refractivity contribution in [3.63, 3.8) is 0 Å². The fourth-order valence-electron chi connectivity index (χ4n) is 4.33. The Morgan fingerprint density at radius 3 is 2.92 bits per heavy atom. The molecule has 0 N–H and O–H groups in total. The van der Waals surface area contributed by atoms with Gasteiger partial charge in [0, 0.05) is 62.2 Å². The Balaban J connectivity index is 1.60. The Kier molecular flexibility index (Phi) is 3.25. The van der Waals surface area contributed by atoms with Crippen molar-refractivity contribution < 1.29 is 4.79 Å². The molecule has 5 heterocycles. The van der Waals surface area contributed by atoms with Crippen LogP contribution in [-0.4, -0.2) is 43.1 Å². The molecule has 0 saturated carbocycles. The van der Waals surface area contributed by atoms with Crippen molar-refractivity contribution in [3.05, 3.63) is 52.7 Å². The van der Waals surface area contributed by atoms with Crippen LogP contribution in [-0.2, 0) is 11.3 Å². The van der Waals surface area contributed by atoms with Gasteiger partial charge in [0.2, 0.25) is 5.91 Å². The first-order chi connectivity index (χ1) is 12.6. The Morgan fingerprint density at radius 2 is 2.08 bits per heavy atom. The number of nitrogens with zero attached hydrogens (tertiary/aromatic N) is 5. The summed E-state index contributed by atoms with van der Waals surface area (Å²) in [5, 5.41) is 4.56. The Bertz CT molecular complexity index is 1080. The van der Waals surface area contributed by atoms with Crippen LogP contribution >= 0.6 is 0 Å². The number of aromatic nitrogens is 4. The van der Waals surface area contributed by atoms with E-state index in [9.17, 15) is 9.59 Å². The van der Waals surface area contributed by atoms with Crippen molar-refractivity contribution in [2.75, 3.05) is 13.1 Å². The van der Waals surface area contributed by atoms with E-state index >= 15 is 0 Å². The lowest BCUT2D eigenvalue weighted by Crippen LogP contribution is -2.48. The smallest absolute Gasteiger partial charge is 0.251 e. The first-order valence-electron chi connectivity index (χ1n) is 8.89. The van der Waals surface area contributed by atoms with Gasteiger partial charge in [0.15, 0.2) is 5.65 Å². The van der Waals surface area contributed by atoms with E-state index in [2.05, 4.69) is 16.1 Å². The molecule has 2 atom stereocenters. The summed E-state index contributed by atoms with van der Waals surface area (Å²) in [6, 6.07) is 7.52. The molecule has 5 rings (SSSR count). The highest BCUT2D eigenvalue weighted by Gasteiger charge is 2.35. The molecule has 0 aromatic carbocycles. The quantitative estimate of drug-likeness (QED) is 0.668. The number of carbonyl (C=O) groups is 1. The van der Waals surface area contributed by atoms with Gasteiger partial charge in [-0.25, -0.2) is 9.50 Å². The number of rotatable bonds is 1. The van der Waals surface area contributed by atoms with Crippen LogP contribution in [0.2, 0.25) is 0 Å². The molecule has 3 aromatic rings.